The van der Waals surface area contributed by atoms with E-state index >= 15 is 0 Å². The van der Waals surface area contributed by atoms with Gasteiger partial charge in [-0.2, -0.15) is 0 Å². The molecular formula is C15H14N2O. The molecule has 2 aromatic rings. The van der Waals surface area contributed by atoms with Crippen molar-refractivity contribution in [2.24, 2.45) is 0 Å². The van der Waals surface area contributed by atoms with Crippen LogP contribution in [-0.4, -0.2) is 10.9 Å². The van der Waals surface area contributed by atoms with Gasteiger partial charge in [-0.1, -0.05) is 24.3 Å². The number of carbonyl (C=O) groups excluding carboxylic acids is 1. The Hall–Kier alpha value is -2.16. The maximum Gasteiger partial charge on any atom is 0.235 e. The number of para-hydroxylation sites is 1. The van der Waals surface area contributed by atoms with Gasteiger partial charge in [0.15, 0.2) is 0 Å². The Kier molecular flexibility index (Phi) is 2.40. The van der Waals surface area contributed by atoms with Crippen LogP contribution in [0.25, 0.3) is 0 Å². The largest absolute Gasteiger partial charge is 0.325 e. The van der Waals surface area contributed by atoms with Crippen LogP contribution in [0.4, 0.5) is 5.69 Å². The van der Waals surface area contributed by atoms with Gasteiger partial charge in [-0.3, -0.25) is 9.78 Å². The fraction of sp³-hybridized carbons (Fsp3) is 0.200. The first-order valence-corrected chi connectivity index (χ1v) is 6.01. The molecule has 1 amide bonds. The van der Waals surface area contributed by atoms with Gasteiger partial charge in [-0.15, -0.1) is 0 Å². The van der Waals surface area contributed by atoms with E-state index in [0.29, 0.717) is 6.42 Å². The lowest BCUT2D eigenvalue weighted by molar-refractivity contribution is -0.120. The zero-order valence-corrected chi connectivity index (χ0v) is 10.2. The molecule has 0 saturated heterocycles. The summed E-state index contributed by atoms with van der Waals surface area (Å²) in [6.07, 6.45) is 2.38. The second-order valence-corrected chi connectivity index (χ2v) is 4.83. The molecule has 1 aromatic heterocycles. The summed E-state index contributed by atoms with van der Waals surface area (Å²) < 4.78 is 0. The molecule has 0 fully saturated rings. The second kappa shape index (κ2) is 3.95. The number of pyridine rings is 1. The van der Waals surface area contributed by atoms with Crippen molar-refractivity contribution in [1.82, 2.24) is 4.98 Å². The van der Waals surface area contributed by atoms with Gasteiger partial charge in [0.1, 0.15) is 0 Å². The van der Waals surface area contributed by atoms with E-state index in [1.165, 1.54) is 0 Å². The first-order chi connectivity index (χ1) is 8.70. The number of amides is 1. The minimum Gasteiger partial charge on any atom is -0.325 e. The van der Waals surface area contributed by atoms with Gasteiger partial charge in [0.25, 0.3) is 0 Å². The molecule has 1 aliphatic rings. The van der Waals surface area contributed by atoms with Crippen LogP contribution in [0.15, 0.2) is 48.7 Å². The molecule has 0 spiro atoms. The molecule has 90 valence electrons. The average Bonchev–Trinajstić information content (AvgIpc) is 2.63. The normalized spacial score (nSPS) is 21.5. The zero-order chi connectivity index (χ0) is 12.6. The molecule has 2 heterocycles. The van der Waals surface area contributed by atoms with E-state index in [-0.39, 0.29) is 5.91 Å². The molecule has 3 heteroatoms. The smallest absolute Gasteiger partial charge is 0.235 e. The van der Waals surface area contributed by atoms with E-state index in [9.17, 15) is 4.79 Å². The highest BCUT2D eigenvalue weighted by molar-refractivity contribution is 6.06. The Labute approximate surface area is 106 Å². The van der Waals surface area contributed by atoms with Crippen LogP contribution in [-0.2, 0) is 16.6 Å². The zero-order valence-electron chi connectivity index (χ0n) is 10.2. The molecule has 1 N–H and O–H groups in total. The van der Waals surface area contributed by atoms with Crippen LogP contribution in [0.1, 0.15) is 18.2 Å². The number of nitrogens with one attached hydrogen (secondary N) is 1. The molecule has 3 rings (SSSR count). The topological polar surface area (TPSA) is 42.0 Å². The SMILES string of the molecule is CC1(Cc2ccccn2)C(=O)Nc2ccccc21. The molecule has 18 heavy (non-hydrogen) atoms. The van der Waals surface area contributed by atoms with Gasteiger partial charge < -0.3 is 5.32 Å². The highest BCUT2D eigenvalue weighted by Gasteiger charge is 2.42. The van der Waals surface area contributed by atoms with Crippen LogP contribution in [0.5, 0.6) is 0 Å². The van der Waals surface area contributed by atoms with Gasteiger partial charge in [-0.05, 0) is 30.7 Å². The monoisotopic (exact) mass is 238 g/mol. The standard InChI is InChI=1S/C15H14N2O/c1-15(10-11-6-4-5-9-16-11)12-7-2-3-8-13(12)17-14(15)18/h2-9H,10H2,1H3,(H,17,18). The van der Waals surface area contributed by atoms with Gasteiger partial charge in [-0.25, -0.2) is 0 Å². The third-order valence-corrected chi connectivity index (χ3v) is 3.53. The third kappa shape index (κ3) is 1.59. The molecule has 3 nitrogen and oxygen atoms in total. The van der Waals surface area contributed by atoms with Crippen LogP contribution >= 0.6 is 0 Å². The van der Waals surface area contributed by atoms with Crippen molar-refractivity contribution < 1.29 is 4.79 Å². The molecule has 0 radical (unpaired) electrons. The van der Waals surface area contributed by atoms with Crippen molar-refractivity contribution in [3.05, 3.63) is 59.9 Å². The molecule has 0 bridgehead atoms. The Morgan fingerprint density at radius 3 is 2.72 bits per heavy atom. The summed E-state index contributed by atoms with van der Waals surface area (Å²) in [7, 11) is 0. The molecule has 0 saturated carbocycles. The molecule has 1 aromatic carbocycles. The maximum atomic E-state index is 12.2. The summed E-state index contributed by atoms with van der Waals surface area (Å²) in [5.41, 5.74) is 2.39. The number of fused-ring (bicyclic) bond motifs is 1. The second-order valence-electron chi connectivity index (χ2n) is 4.83. The maximum absolute atomic E-state index is 12.2. The molecule has 1 atom stereocenters. The number of benzene rings is 1. The summed E-state index contributed by atoms with van der Waals surface area (Å²) in [5.74, 6) is 0.0503. The molecule has 0 aliphatic carbocycles. The van der Waals surface area contributed by atoms with Crippen LogP contribution in [0, 0.1) is 0 Å². The van der Waals surface area contributed by atoms with E-state index < -0.39 is 5.41 Å². The number of hydrogen-bond donors (Lipinski definition) is 1. The summed E-state index contributed by atoms with van der Waals surface area (Å²) in [6, 6.07) is 13.6. The van der Waals surface area contributed by atoms with Crippen molar-refractivity contribution in [3.8, 4) is 0 Å². The fourth-order valence-electron chi connectivity index (χ4n) is 2.50. The van der Waals surface area contributed by atoms with Gasteiger partial charge in [0, 0.05) is 24.0 Å². The predicted molar refractivity (Wildman–Crippen MR) is 70.4 cm³/mol. The van der Waals surface area contributed by atoms with Gasteiger partial charge in [0.05, 0.1) is 5.41 Å². The van der Waals surface area contributed by atoms with Crippen molar-refractivity contribution in [3.63, 3.8) is 0 Å². The predicted octanol–water partition coefficient (Wildman–Crippen LogP) is 2.53. The minimum atomic E-state index is -0.523. The van der Waals surface area contributed by atoms with Crippen molar-refractivity contribution in [2.75, 3.05) is 5.32 Å². The van der Waals surface area contributed by atoms with E-state index in [2.05, 4.69) is 10.3 Å². The Morgan fingerprint density at radius 2 is 1.94 bits per heavy atom. The van der Waals surface area contributed by atoms with Gasteiger partial charge in [0.2, 0.25) is 5.91 Å². The van der Waals surface area contributed by atoms with E-state index in [4.69, 9.17) is 0 Å². The Balaban J connectivity index is 2.02. The van der Waals surface area contributed by atoms with E-state index in [1.807, 2.05) is 49.4 Å². The summed E-state index contributed by atoms with van der Waals surface area (Å²) >= 11 is 0. The first kappa shape index (κ1) is 11.0. The highest BCUT2D eigenvalue weighted by atomic mass is 16.2. The fourth-order valence-corrected chi connectivity index (χ4v) is 2.50. The number of nitrogens with zero attached hydrogens (tertiary/aromatic N) is 1. The summed E-state index contributed by atoms with van der Waals surface area (Å²) in [6.45, 7) is 1.98. The molecule has 1 unspecified atom stereocenters. The molecule has 1 aliphatic heterocycles. The number of anilines is 1. The van der Waals surface area contributed by atoms with E-state index in [1.54, 1.807) is 6.20 Å². The lowest BCUT2D eigenvalue weighted by Gasteiger charge is -2.21. The Bertz CT molecular complexity index is 594. The molecular weight excluding hydrogens is 224 g/mol. The summed E-state index contributed by atoms with van der Waals surface area (Å²) in [4.78, 5) is 16.5. The lowest BCUT2D eigenvalue weighted by atomic mass is 9.79. The minimum absolute atomic E-state index is 0.0503. The average molecular weight is 238 g/mol. The lowest BCUT2D eigenvalue weighted by Crippen LogP contribution is -2.33. The van der Waals surface area contributed by atoms with Gasteiger partial charge >= 0.3 is 0 Å². The van der Waals surface area contributed by atoms with Crippen LogP contribution in [0.2, 0.25) is 0 Å². The number of hydrogen-bond acceptors (Lipinski definition) is 2. The van der Waals surface area contributed by atoms with Crippen molar-refractivity contribution in [2.45, 2.75) is 18.8 Å². The Morgan fingerprint density at radius 1 is 1.17 bits per heavy atom. The number of rotatable bonds is 2. The summed E-state index contributed by atoms with van der Waals surface area (Å²) in [5, 5.41) is 2.94. The van der Waals surface area contributed by atoms with Crippen molar-refractivity contribution >= 4 is 11.6 Å². The van der Waals surface area contributed by atoms with Crippen molar-refractivity contribution in [1.29, 1.82) is 0 Å². The van der Waals surface area contributed by atoms with Crippen LogP contribution < -0.4 is 5.32 Å². The highest BCUT2D eigenvalue weighted by Crippen LogP contribution is 2.39. The number of carbonyl (C=O) groups is 1. The van der Waals surface area contributed by atoms with E-state index in [0.717, 1.165) is 16.9 Å². The van der Waals surface area contributed by atoms with Crippen LogP contribution in [0.3, 0.4) is 0 Å². The number of aromatic nitrogens is 1. The first-order valence-electron chi connectivity index (χ1n) is 6.01. The third-order valence-electron chi connectivity index (χ3n) is 3.53. The quantitative estimate of drug-likeness (QED) is 0.873.